The maximum atomic E-state index is 9.89. The summed E-state index contributed by atoms with van der Waals surface area (Å²) < 4.78 is 0. The molecule has 1 aromatic rings. The molecule has 1 nitrogen and oxygen atoms in total. The molecule has 1 rings (SSSR count). The number of unbranched alkanes of at least 4 members (excludes halogenated alkanes) is 2. The van der Waals surface area contributed by atoms with Crippen LogP contribution in [0.15, 0.2) is 36.4 Å². The Hall–Kier alpha value is -1.37. The monoisotopic (exact) mass is 173 g/mol. The highest BCUT2D eigenvalue weighted by molar-refractivity contribution is 5.51. The van der Waals surface area contributed by atoms with Crippen molar-refractivity contribution in [3.05, 3.63) is 42.0 Å². The molecular formula is C12H13O. The average molecular weight is 173 g/mol. The lowest BCUT2D eigenvalue weighted by Gasteiger charge is -1.90. The molecule has 0 amide bonds. The Bertz CT molecular complexity index is 262. The van der Waals surface area contributed by atoms with Crippen molar-refractivity contribution in [2.24, 2.45) is 0 Å². The van der Waals surface area contributed by atoms with Crippen molar-refractivity contribution in [3.8, 4) is 0 Å². The van der Waals surface area contributed by atoms with Crippen LogP contribution in [0, 0.1) is 0 Å². The maximum absolute atomic E-state index is 9.89. The SMILES string of the molecule is O=[C]CCCC=Cc1ccccc1. The van der Waals surface area contributed by atoms with Crippen molar-refractivity contribution >= 4 is 12.4 Å². The van der Waals surface area contributed by atoms with Crippen LogP contribution >= 0.6 is 0 Å². The van der Waals surface area contributed by atoms with Gasteiger partial charge >= 0.3 is 0 Å². The van der Waals surface area contributed by atoms with Gasteiger partial charge in [-0.05, 0) is 18.4 Å². The molecule has 0 bridgehead atoms. The van der Waals surface area contributed by atoms with Crippen LogP contribution < -0.4 is 0 Å². The predicted molar refractivity (Wildman–Crippen MR) is 55.0 cm³/mol. The molecule has 13 heavy (non-hydrogen) atoms. The van der Waals surface area contributed by atoms with Gasteiger partial charge in [0.25, 0.3) is 0 Å². The normalized spacial score (nSPS) is 10.5. The molecular weight excluding hydrogens is 160 g/mol. The molecule has 0 aromatic heterocycles. The molecule has 0 N–H and O–H groups in total. The van der Waals surface area contributed by atoms with Crippen molar-refractivity contribution in [3.63, 3.8) is 0 Å². The second-order valence-electron chi connectivity index (χ2n) is 2.85. The number of carbonyl (C=O) groups excluding carboxylic acids is 1. The van der Waals surface area contributed by atoms with E-state index >= 15 is 0 Å². The molecule has 0 fully saturated rings. The topological polar surface area (TPSA) is 17.1 Å². The number of benzene rings is 1. The summed E-state index contributed by atoms with van der Waals surface area (Å²) in [6.07, 6.45) is 8.43. The van der Waals surface area contributed by atoms with Gasteiger partial charge in [0, 0.05) is 6.42 Å². The van der Waals surface area contributed by atoms with Crippen LogP contribution in [0.3, 0.4) is 0 Å². The summed E-state index contributed by atoms with van der Waals surface area (Å²) in [4.78, 5) is 9.89. The van der Waals surface area contributed by atoms with Crippen molar-refractivity contribution in [2.75, 3.05) is 0 Å². The van der Waals surface area contributed by atoms with Crippen LogP contribution in [0.4, 0.5) is 0 Å². The van der Waals surface area contributed by atoms with Gasteiger partial charge in [0.2, 0.25) is 0 Å². The van der Waals surface area contributed by atoms with E-state index in [4.69, 9.17) is 0 Å². The number of hydrogen-bond donors (Lipinski definition) is 0. The molecule has 0 aliphatic rings. The molecule has 0 aliphatic heterocycles. The van der Waals surface area contributed by atoms with Gasteiger partial charge in [0.05, 0.1) is 0 Å². The molecule has 0 unspecified atom stereocenters. The summed E-state index contributed by atoms with van der Waals surface area (Å²) in [5, 5.41) is 0. The highest BCUT2D eigenvalue weighted by Gasteiger charge is 1.84. The fourth-order valence-electron chi connectivity index (χ4n) is 1.08. The molecule has 0 saturated heterocycles. The molecule has 0 spiro atoms. The first-order valence-corrected chi connectivity index (χ1v) is 4.50. The Morgan fingerprint density at radius 1 is 1.23 bits per heavy atom. The van der Waals surface area contributed by atoms with Crippen LogP contribution in [0.1, 0.15) is 24.8 Å². The van der Waals surface area contributed by atoms with Crippen LogP contribution in [-0.4, -0.2) is 6.29 Å². The van der Waals surface area contributed by atoms with Crippen LogP contribution in [0.25, 0.3) is 6.08 Å². The third-order valence-electron chi connectivity index (χ3n) is 1.76. The molecule has 1 heteroatoms. The first-order valence-electron chi connectivity index (χ1n) is 4.50. The van der Waals surface area contributed by atoms with Gasteiger partial charge < -0.3 is 0 Å². The third kappa shape index (κ3) is 4.26. The van der Waals surface area contributed by atoms with E-state index in [2.05, 4.69) is 24.3 Å². The van der Waals surface area contributed by atoms with Crippen LogP contribution in [0.2, 0.25) is 0 Å². The zero-order valence-corrected chi connectivity index (χ0v) is 7.57. The Balaban J connectivity index is 2.28. The van der Waals surface area contributed by atoms with Gasteiger partial charge in [0.15, 0.2) is 6.29 Å². The Morgan fingerprint density at radius 3 is 2.69 bits per heavy atom. The quantitative estimate of drug-likeness (QED) is 0.625. The van der Waals surface area contributed by atoms with Gasteiger partial charge in [-0.25, -0.2) is 0 Å². The zero-order chi connectivity index (χ0) is 9.36. The van der Waals surface area contributed by atoms with E-state index in [1.54, 1.807) is 0 Å². The fraction of sp³-hybridized carbons (Fsp3) is 0.250. The minimum absolute atomic E-state index is 0.541. The average Bonchev–Trinajstić information content (AvgIpc) is 2.19. The summed E-state index contributed by atoms with van der Waals surface area (Å²) in [5.74, 6) is 0. The first-order chi connectivity index (χ1) is 6.43. The summed E-state index contributed by atoms with van der Waals surface area (Å²) >= 11 is 0. The summed E-state index contributed by atoms with van der Waals surface area (Å²) in [5.41, 5.74) is 1.21. The van der Waals surface area contributed by atoms with E-state index in [0.29, 0.717) is 6.42 Å². The van der Waals surface area contributed by atoms with E-state index in [-0.39, 0.29) is 0 Å². The van der Waals surface area contributed by atoms with Crippen LogP contribution in [0.5, 0.6) is 0 Å². The first kappa shape index (κ1) is 9.72. The lowest BCUT2D eigenvalue weighted by molar-refractivity contribution is 0.549. The largest absolute Gasteiger partial charge is 0.291 e. The third-order valence-corrected chi connectivity index (χ3v) is 1.76. The molecule has 67 valence electrons. The summed E-state index contributed by atoms with van der Waals surface area (Å²) in [6, 6.07) is 10.1. The summed E-state index contributed by atoms with van der Waals surface area (Å²) in [6.45, 7) is 0. The molecule has 1 radical (unpaired) electrons. The maximum Gasteiger partial charge on any atom is 0.198 e. The number of allylic oxidation sites excluding steroid dienone is 1. The minimum Gasteiger partial charge on any atom is -0.291 e. The van der Waals surface area contributed by atoms with Crippen molar-refractivity contribution < 1.29 is 4.79 Å². The molecule has 1 aromatic carbocycles. The van der Waals surface area contributed by atoms with Crippen molar-refractivity contribution in [1.29, 1.82) is 0 Å². The van der Waals surface area contributed by atoms with Gasteiger partial charge in [-0.3, -0.25) is 4.79 Å². The van der Waals surface area contributed by atoms with Gasteiger partial charge in [-0.2, -0.15) is 0 Å². The molecule has 0 saturated carbocycles. The lowest BCUT2D eigenvalue weighted by Crippen LogP contribution is -1.74. The van der Waals surface area contributed by atoms with E-state index in [1.807, 2.05) is 24.5 Å². The van der Waals surface area contributed by atoms with Gasteiger partial charge in [-0.15, -0.1) is 0 Å². The Labute approximate surface area is 79.1 Å². The Kier molecular flexibility index (Phi) is 4.62. The van der Waals surface area contributed by atoms with Crippen molar-refractivity contribution in [2.45, 2.75) is 19.3 Å². The molecule has 0 heterocycles. The number of hydrogen-bond acceptors (Lipinski definition) is 1. The highest BCUT2D eigenvalue weighted by Crippen LogP contribution is 2.03. The van der Waals surface area contributed by atoms with Gasteiger partial charge in [-0.1, -0.05) is 42.5 Å². The number of rotatable bonds is 5. The van der Waals surface area contributed by atoms with E-state index in [9.17, 15) is 4.79 Å². The standard InChI is InChI=1S/C12H13O/c13-11-7-2-1-4-8-12-9-5-3-6-10-12/h3-6,8-10H,1-2,7H2. The second kappa shape index (κ2) is 6.18. The van der Waals surface area contributed by atoms with E-state index in [0.717, 1.165) is 12.8 Å². The molecule has 0 aliphatic carbocycles. The van der Waals surface area contributed by atoms with Gasteiger partial charge in [0.1, 0.15) is 0 Å². The lowest BCUT2D eigenvalue weighted by atomic mass is 10.2. The fourth-order valence-corrected chi connectivity index (χ4v) is 1.08. The Morgan fingerprint density at radius 2 is 2.00 bits per heavy atom. The van der Waals surface area contributed by atoms with Crippen molar-refractivity contribution in [1.82, 2.24) is 0 Å². The second-order valence-corrected chi connectivity index (χ2v) is 2.85. The minimum atomic E-state index is 0.541. The van der Waals surface area contributed by atoms with E-state index < -0.39 is 0 Å². The smallest absolute Gasteiger partial charge is 0.198 e. The summed E-state index contributed by atoms with van der Waals surface area (Å²) in [7, 11) is 0. The highest BCUT2D eigenvalue weighted by atomic mass is 16.1. The van der Waals surface area contributed by atoms with E-state index in [1.165, 1.54) is 5.56 Å². The predicted octanol–water partition coefficient (Wildman–Crippen LogP) is 2.98. The zero-order valence-electron chi connectivity index (χ0n) is 7.57. The van der Waals surface area contributed by atoms with Crippen LogP contribution in [-0.2, 0) is 4.79 Å². The molecule has 0 atom stereocenters.